The molecule has 2 aliphatic rings. The number of hydrogen-bond acceptors (Lipinski definition) is 5. The average Bonchev–Trinajstić information content (AvgIpc) is 2.64. The second-order valence-electron chi connectivity index (χ2n) is 7.13. The Morgan fingerprint density at radius 3 is 2.62 bits per heavy atom. The van der Waals surface area contributed by atoms with E-state index < -0.39 is 0 Å². The molecule has 3 rings (SSSR count). The maximum absolute atomic E-state index is 12.3. The molecule has 140 valence electrons. The lowest BCUT2D eigenvalue weighted by molar-refractivity contribution is -0.156. The van der Waals surface area contributed by atoms with Gasteiger partial charge < -0.3 is 14.8 Å². The lowest BCUT2D eigenvalue weighted by Crippen LogP contribution is -2.40. The van der Waals surface area contributed by atoms with Gasteiger partial charge in [-0.15, -0.1) is 0 Å². The molecule has 1 aromatic carbocycles. The zero-order valence-electron chi connectivity index (χ0n) is 15.0. The summed E-state index contributed by atoms with van der Waals surface area (Å²) in [6, 6.07) is 7.40. The molecular formula is C20H25NO5. The first-order valence-corrected chi connectivity index (χ1v) is 9.17. The number of rotatable bonds is 6. The first kappa shape index (κ1) is 18.4. The number of methoxy groups -OCH3 is 1. The molecule has 1 aromatic rings. The molecule has 0 aliphatic heterocycles. The number of hydrogen-bond donors (Lipinski definition) is 1. The van der Waals surface area contributed by atoms with Crippen molar-refractivity contribution in [1.29, 1.82) is 0 Å². The van der Waals surface area contributed by atoms with E-state index in [-0.39, 0.29) is 36.2 Å². The average molecular weight is 359 g/mol. The van der Waals surface area contributed by atoms with Gasteiger partial charge in [0.25, 0.3) is 5.91 Å². The second-order valence-corrected chi connectivity index (χ2v) is 7.13. The van der Waals surface area contributed by atoms with Gasteiger partial charge >= 0.3 is 5.97 Å². The van der Waals surface area contributed by atoms with Crippen LogP contribution in [0.2, 0.25) is 0 Å². The zero-order chi connectivity index (χ0) is 18.5. The fourth-order valence-corrected chi connectivity index (χ4v) is 3.96. The van der Waals surface area contributed by atoms with Gasteiger partial charge in [-0.05, 0) is 43.4 Å². The standard InChI is InChI=1S/C20H25NO5/c1-25-17-7-2-4-13(8-17)11-21-18(22)12-26-20(24)16-9-14-5-3-6-15(10-16)19(14)23/h2,4,7-8,14-16H,3,5-6,9-12H2,1H3,(H,21,22)/t14-,15+,16?. The summed E-state index contributed by atoms with van der Waals surface area (Å²) in [4.78, 5) is 36.3. The van der Waals surface area contributed by atoms with Crippen molar-refractivity contribution in [3.05, 3.63) is 29.8 Å². The van der Waals surface area contributed by atoms with Gasteiger partial charge in [0.2, 0.25) is 0 Å². The number of carbonyl (C=O) groups excluding carboxylic acids is 3. The Balaban J connectivity index is 1.42. The molecule has 1 unspecified atom stereocenters. The Bertz CT molecular complexity index is 671. The van der Waals surface area contributed by atoms with Crippen LogP contribution in [0.25, 0.3) is 0 Å². The quantitative estimate of drug-likeness (QED) is 0.788. The molecule has 6 nitrogen and oxygen atoms in total. The number of esters is 1. The molecule has 0 radical (unpaired) electrons. The van der Waals surface area contributed by atoms with Crippen molar-refractivity contribution in [2.24, 2.45) is 17.8 Å². The van der Waals surface area contributed by atoms with Gasteiger partial charge in [0.05, 0.1) is 13.0 Å². The van der Waals surface area contributed by atoms with E-state index in [1.807, 2.05) is 24.3 Å². The predicted octanol–water partition coefficient (Wildman–Crippen LogP) is 2.25. The molecule has 2 saturated carbocycles. The highest BCUT2D eigenvalue weighted by molar-refractivity contribution is 5.87. The third-order valence-electron chi connectivity index (χ3n) is 5.35. The summed E-state index contributed by atoms with van der Waals surface area (Å²) >= 11 is 0. The van der Waals surface area contributed by atoms with Crippen molar-refractivity contribution < 1.29 is 23.9 Å². The summed E-state index contributed by atoms with van der Waals surface area (Å²) in [6.45, 7) is 0.0538. The number of fused-ring (bicyclic) bond motifs is 2. The lowest BCUT2D eigenvalue weighted by atomic mass is 9.67. The molecule has 2 aliphatic carbocycles. The van der Waals surface area contributed by atoms with Crippen LogP contribution in [0.4, 0.5) is 0 Å². The van der Waals surface area contributed by atoms with Gasteiger partial charge in [0.1, 0.15) is 11.5 Å². The first-order chi connectivity index (χ1) is 12.6. The van der Waals surface area contributed by atoms with Crippen molar-refractivity contribution in [3.8, 4) is 5.75 Å². The maximum atomic E-state index is 12.3. The third-order valence-corrected chi connectivity index (χ3v) is 5.35. The number of carbonyl (C=O) groups is 3. The van der Waals surface area contributed by atoms with Gasteiger partial charge in [0, 0.05) is 18.4 Å². The molecular weight excluding hydrogens is 334 g/mol. The van der Waals surface area contributed by atoms with E-state index in [1.165, 1.54) is 0 Å². The summed E-state index contributed by atoms with van der Waals surface area (Å²) in [7, 11) is 1.59. The summed E-state index contributed by atoms with van der Waals surface area (Å²) < 4.78 is 10.3. The normalized spacial score (nSPS) is 24.7. The van der Waals surface area contributed by atoms with E-state index in [4.69, 9.17) is 9.47 Å². The van der Waals surface area contributed by atoms with Crippen molar-refractivity contribution in [2.45, 2.75) is 38.6 Å². The second kappa shape index (κ2) is 8.34. The molecule has 0 spiro atoms. The van der Waals surface area contributed by atoms with E-state index in [9.17, 15) is 14.4 Å². The number of Topliss-reactive ketones (excluding diaryl/α,β-unsaturated/α-hetero) is 1. The van der Waals surface area contributed by atoms with Crippen molar-refractivity contribution in [3.63, 3.8) is 0 Å². The molecule has 2 bridgehead atoms. The van der Waals surface area contributed by atoms with Crippen LogP contribution in [0, 0.1) is 17.8 Å². The Morgan fingerprint density at radius 2 is 1.92 bits per heavy atom. The Hall–Kier alpha value is -2.37. The number of nitrogens with one attached hydrogen (secondary N) is 1. The molecule has 1 amide bonds. The lowest BCUT2D eigenvalue weighted by Gasteiger charge is -2.36. The van der Waals surface area contributed by atoms with Crippen LogP contribution in [0.1, 0.15) is 37.7 Å². The van der Waals surface area contributed by atoms with Gasteiger partial charge in [0.15, 0.2) is 6.61 Å². The smallest absolute Gasteiger partial charge is 0.309 e. The van der Waals surface area contributed by atoms with E-state index in [0.717, 1.165) is 30.6 Å². The van der Waals surface area contributed by atoms with Crippen LogP contribution in [0.3, 0.4) is 0 Å². The van der Waals surface area contributed by atoms with Crippen LogP contribution in [-0.2, 0) is 25.7 Å². The minimum Gasteiger partial charge on any atom is -0.497 e. The van der Waals surface area contributed by atoms with Crippen LogP contribution in [0.5, 0.6) is 5.75 Å². The highest BCUT2D eigenvalue weighted by Crippen LogP contribution is 2.40. The summed E-state index contributed by atoms with van der Waals surface area (Å²) in [5.41, 5.74) is 0.905. The number of ether oxygens (including phenoxy) is 2. The van der Waals surface area contributed by atoms with Crippen molar-refractivity contribution in [1.82, 2.24) is 5.32 Å². The summed E-state index contributed by atoms with van der Waals surface area (Å²) in [5, 5.41) is 2.73. The van der Waals surface area contributed by atoms with E-state index in [0.29, 0.717) is 25.2 Å². The molecule has 0 heterocycles. The number of amides is 1. The summed E-state index contributed by atoms with van der Waals surface area (Å²) in [5.74, 6) is 0.0918. The molecule has 3 atom stereocenters. The minimum atomic E-state index is -0.356. The molecule has 0 saturated heterocycles. The van der Waals surface area contributed by atoms with E-state index >= 15 is 0 Å². The molecule has 2 fully saturated rings. The Kier molecular flexibility index (Phi) is 5.91. The molecule has 1 N–H and O–H groups in total. The van der Waals surface area contributed by atoms with Gasteiger partial charge in [-0.25, -0.2) is 0 Å². The fraction of sp³-hybridized carbons (Fsp3) is 0.550. The maximum Gasteiger partial charge on any atom is 0.309 e. The molecule has 0 aromatic heterocycles. The van der Waals surface area contributed by atoms with Crippen LogP contribution < -0.4 is 10.1 Å². The number of ketones is 1. The highest BCUT2D eigenvalue weighted by atomic mass is 16.5. The number of benzene rings is 1. The molecule has 6 heteroatoms. The Morgan fingerprint density at radius 1 is 1.19 bits per heavy atom. The van der Waals surface area contributed by atoms with Crippen molar-refractivity contribution >= 4 is 17.7 Å². The van der Waals surface area contributed by atoms with E-state index in [1.54, 1.807) is 7.11 Å². The van der Waals surface area contributed by atoms with Gasteiger partial charge in [-0.2, -0.15) is 0 Å². The summed E-state index contributed by atoms with van der Waals surface area (Å²) in [6.07, 6.45) is 3.95. The largest absolute Gasteiger partial charge is 0.497 e. The molecule has 26 heavy (non-hydrogen) atoms. The van der Waals surface area contributed by atoms with Gasteiger partial charge in [-0.1, -0.05) is 18.6 Å². The SMILES string of the molecule is COc1cccc(CNC(=O)COC(=O)C2C[C@H]3CCC[C@@H](C2)C3=O)c1. The minimum absolute atomic E-state index is 0.00179. The third kappa shape index (κ3) is 4.42. The highest BCUT2D eigenvalue weighted by Gasteiger charge is 2.41. The van der Waals surface area contributed by atoms with Crippen molar-refractivity contribution in [2.75, 3.05) is 13.7 Å². The zero-order valence-corrected chi connectivity index (χ0v) is 15.0. The fourth-order valence-electron chi connectivity index (χ4n) is 3.96. The predicted molar refractivity (Wildman–Crippen MR) is 94.4 cm³/mol. The van der Waals surface area contributed by atoms with E-state index in [2.05, 4.69) is 5.32 Å². The monoisotopic (exact) mass is 359 g/mol. The first-order valence-electron chi connectivity index (χ1n) is 9.17. The van der Waals surface area contributed by atoms with Crippen LogP contribution in [-0.4, -0.2) is 31.4 Å². The topological polar surface area (TPSA) is 81.7 Å². The van der Waals surface area contributed by atoms with Crippen LogP contribution in [0.15, 0.2) is 24.3 Å². The van der Waals surface area contributed by atoms with Gasteiger partial charge in [-0.3, -0.25) is 14.4 Å². The van der Waals surface area contributed by atoms with Crippen LogP contribution >= 0.6 is 0 Å². The Labute approximate surface area is 153 Å².